The van der Waals surface area contributed by atoms with E-state index in [2.05, 4.69) is 39.8 Å². The summed E-state index contributed by atoms with van der Waals surface area (Å²) in [5.74, 6) is -0.420. The van der Waals surface area contributed by atoms with Crippen LogP contribution in [0.3, 0.4) is 0 Å². The van der Waals surface area contributed by atoms with Crippen LogP contribution in [0.5, 0.6) is 0 Å². The Kier molecular flexibility index (Phi) is 6.10. The molecule has 3 aliphatic carbocycles. The molecule has 4 aromatic rings. The molecule has 0 amide bonds. The van der Waals surface area contributed by atoms with Crippen LogP contribution in [-0.2, 0) is 17.3 Å². The molecule has 0 aliphatic heterocycles. The second-order valence-electron chi connectivity index (χ2n) is 13.4. The minimum Gasteiger partial charge on any atom is -0.293 e. The standard InChI is InChI=1S/C37H30F2N2OS2/c1-18-30(38)28-32(43-18)22-14-25-23(15-24(22)35(28,2)3)33-29(36(25,4)5)31(39)26(44-33)12-9-13-37(6)27(19(16-40)17-41)20-10-7-8-11-21(20)34(37)42/h7-8,10-11,14-15H,9,12-13H2,1-6H3. The van der Waals surface area contributed by atoms with Gasteiger partial charge in [-0.2, -0.15) is 10.5 Å². The van der Waals surface area contributed by atoms with Gasteiger partial charge in [0.05, 0.1) is 5.41 Å². The van der Waals surface area contributed by atoms with Crippen molar-refractivity contribution in [3.8, 4) is 33.0 Å². The van der Waals surface area contributed by atoms with Gasteiger partial charge in [0.1, 0.15) is 29.3 Å². The first-order valence-electron chi connectivity index (χ1n) is 14.8. The SMILES string of the molecule is Cc1sc2c(c1F)C(C)(C)c1cc3c(cc1-2)C(C)(C)c1c-3sc(CCCC2(C)C(=O)c3ccccc3C2=C(C#N)C#N)c1F. The summed E-state index contributed by atoms with van der Waals surface area (Å²) in [6.45, 7) is 11.9. The zero-order valence-electron chi connectivity index (χ0n) is 25.5. The van der Waals surface area contributed by atoms with E-state index in [1.165, 1.54) is 22.7 Å². The van der Waals surface area contributed by atoms with Crippen molar-refractivity contribution in [1.29, 1.82) is 10.5 Å². The molecule has 1 atom stereocenters. The highest BCUT2D eigenvalue weighted by molar-refractivity contribution is 7.16. The fourth-order valence-corrected chi connectivity index (χ4v) is 10.5. The van der Waals surface area contributed by atoms with Gasteiger partial charge >= 0.3 is 0 Å². The molecule has 7 rings (SSSR count). The summed E-state index contributed by atoms with van der Waals surface area (Å²) >= 11 is 2.96. The van der Waals surface area contributed by atoms with Crippen molar-refractivity contribution in [3.63, 3.8) is 0 Å². The summed E-state index contributed by atoms with van der Waals surface area (Å²) in [5, 5.41) is 19.4. The lowest BCUT2D eigenvalue weighted by Crippen LogP contribution is -2.24. The fourth-order valence-electron chi connectivity index (χ4n) is 7.91. The van der Waals surface area contributed by atoms with E-state index in [0.29, 0.717) is 51.3 Å². The van der Waals surface area contributed by atoms with Gasteiger partial charge in [-0.05, 0) is 73.1 Å². The van der Waals surface area contributed by atoms with Crippen LogP contribution in [0, 0.1) is 46.6 Å². The van der Waals surface area contributed by atoms with Crippen LogP contribution in [0.15, 0.2) is 42.0 Å². The molecule has 2 aromatic heterocycles. The Morgan fingerprint density at radius 3 is 1.95 bits per heavy atom. The Bertz CT molecular complexity index is 2080. The van der Waals surface area contributed by atoms with E-state index in [9.17, 15) is 15.3 Å². The zero-order valence-corrected chi connectivity index (χ0v) is 27.1. The van der Waals surface area contributed by atoms with Crippen molar-refractivity contribution >= 4 is 34.0 Å². The number of allylic oxidation sites excluding steroid dienone is 2. The molecule has 220 valence electrons. The van der Waals surface area contributed by atoms with Crippen LogP contribution >= 0.6 is 22.7 Å². The summed E-state index contributed by atoms with van der Waals surface area (Å²) in [7, 11) is 0. The van der Waals surface area contributed by atoms with Crippen LogP contribution in [0.2, 0.25) is 0 Å². The molecule has 3 nitrogen and oxygen atoms in total. The third-order valence-electron chi connectivity index (χ3n) is 10.2. The van der Waals surface area contributed by atoms with Crippen LogP contribution in [-0.4, -0.2) is 5.78 Å². The lowest BCUT2D eigenvalue weighted by Gasteiger charge is -2.25. The minimum atomic E-state index is -1.04. The molecule has 2 aromatic carbocycles. The van der Waals surface area contributed by atoms with Gasteiger partial charge < -0.3 is 0 Å². The minimum absolute atomic E-state index is 0.0507. The number of nitrogens with zero attached hydrogens (tertiary/aromatic N) is 2. The lowest BCUT2D eigenvalue weighted by molar-refractivity contribution is 0.0880. The van der Waals surface area contributed by atoms with E-state index < -0.39 is 16.2 Å². The van der Waals surface area contributed by atoms with Gasteiger partial charge in [-0.1, -0.05) is 52.0 Å². The van der Waals surface area contributed by atoms with Crippen LogP contribution in [0.4, 0.5) is 8.78 Å². The molecular weight excluding hydrogens is 591 g/mol. The van der Waals surface area contributed by atoms with Crippen molar-refractivity contribution in [2.24, 2.45) is 5.41 Å². The van der Waals surface area contributed by atoms with Gasteiger partial charge in [0, 0.05) is 52.6 Å². The van der Waals surface area contributed by atoms with Crippen molar-refractivity contribution in [2.45, 2.75) is 71.6 Å². The molecule has 0 saturated heterocycles. The summed E-state index contributed by atoms with van der Waals surface area (Å²) in [4.78, 5) is 16.9. The topological polar surface area (TPSA) is 64.7 Å². The third-order valence-corrected chi connectivity index (χ3v) is 12.6. The highest BCUT2D eigenvalue weighted by Gasteiger charge is 2.48. The molecule has 3 aliphatic rings. The van der Waals surface area contributed by atoms with Crippen molar-refractivity contribution < 1.29 is 13.6 Å². The summed E-state index contributed by atoms with van der Waals surface area (Å²) in [6.07, 6.45) is 1.34. The Morgan fingerprint density at radius 2 is 1.36 bits per heavy atom. The maximum atomic E-state index is 16.3. The number of carbonyl (C=O) groups is 1. The molecule has 0 spiro atoms. The molecule has 44 heavy (non-hydrogen) atoms. The van der Waals surface area contributed by atoms with Gasteiger partial charge in [-0.3, -0.25) is 4.79 Å². The molecule has 0 N–H and O–H groups in total. The highest BCUT2D eigenvalue weighted by atomic mass is 32.1. The van der Waals surface area contributed by atoms with Gasteiger partial charge in [-0.15, -0.1) is 22.7 Å². The van der Waals surface area contributed by atoms with Gasteiger partial charge in [-0.25, -0.2) is 8.78 Å². The number of rotatable bonds is 4. The second kappa shape index (κ2) is 9.30. The van der Waals surface area contributed by atoms with E-state index in [1.54, 1.807) is 31.2 Å². The number of thiophene rings is 2. The van der Waals surface area contributed by atoms with Crippen LogP contribution < -0.4 is 0 Å². The predicted octanol–water partition coefficient (Wildman–Crippen LogP) is 10.0. The third kappa shape index (κ3) is 3.52. The predicted molar refractivity (Wildman–Crippen MR) is 172 cm³/mol. The maximum Gasteiger partial charge on any atom is 0.173 e. The smallest absolute Gasteiger partial charge is 0.173 e. The first-order chi connectivity index (χ1) is 20.8. The van der Waals surface area contributed by atoms with Gasteiger partial charge in [0.15, 0.2) is 5.78 Å². The quantitative estimate of drug-likeness (QED) is 0.213. The summed E-state index contributed by atoms with van der Waals surface area (Å²) < 4.78 is 31.6. The summed E-state index contributed by atoms with van der Waals surface area (Å²) in [5.41, 5.74) is 5.18. The largest absolute Gasteiger partial charge is 0.293 e. The highest BCUT2D eigenvalue weighted by Crippen LogP contribution is 2.60. The molecule has 1 unspecified atom stereocenters. The van der Waals surface area contributed by atoms with E-state index in [-0.39, 0.29) is 23.0 Å². The van der Waals surface area contributed by atoms with E-state index in [4.69, 9.17) is 0 Å². The second-order valence-corrected chi connectivity index (χ2v) is 15.8. The number of fused-ring (bicyclic) bond motifs is 7. The molecule has 2 heterocycles. The molecule has 0 fully saturated rings. The molecule has 0 bridgehead atoms. The Hall–Kier alpha value is -3.91. The molecular formula is C37H30F2N2OS2. The van der Waals surface area contributed by atoms with Gasteiger partial charge in [0.25, 0.3) is 0 Å². The van der Waals surface area contributed by atoms with E-state index in [1.807, 2.05) is 19.1 Å². The Balaban J connectivity index is 1.23. The van der Waals surface area contributed by atoms with Crippen molar-refractivity contribution in [3.05, 3.63) is 96.7 Å². The average molecular weight is 621 g/mol. The number of Topliss-reactive ketones (excluding diaryl/α,β-unsaturated/α-hetero) is 1. The number of hydrogen-bond acceptors (Lipinski definition) is 5. The Labute approximate surface area is 264 Å². The Morgan fingerprint density at radius 1 is 0.818 bits per heavy atom. The van der Waals surface area contributed by atoms with Crippen molar-refractivity contribution in [2.75, 3.05) is 0 Å². The molecule has 0 radical (unpaired) electrons. The zero-order chi connectivity index (χ0) is 31.5. The monoisotopic (exact) mass is 620 g/mol. The van der Waals surface area contributed by atoms with Gasteiger partial charge in [0.2, 0.25) is 0 Å². The number of aryl methyl sites for hydroxylation is 2. The number of hydrogen-bond donors (Lipinski definition) is 0. The maximum absolute atomic E-state index is 16.3. The summed E-state index contributed by atoms with van der Waals surface area (Å²) in [6, 6.07) is 15.4. The normalized spacial score (nSPS) is 19.6. The first kappa shape index (κ1) is 28.8. The molecule has 7 heteroatoms. The van der Waals surface area contributed by atoms with Crippen LogP contribution in [0.1, 0.15) is 95.4 Å². The number of nitriles is 2. The average Bonchev–Trinajstić information content (AvgIpc) is 3.67. The van der Waals surface area contributed by atoms with Crippen LogP contribution in [0.25, 0.3) is 26.5 Å². The molecule has 0 saturated carbocycles. The van der Waals surface area contributed by atoms with E-state index in [0.717, 1.165) is 37.6 Å². The first-order valence-corrected chi connectivity index (χ1v) is 16.4. The number of ketones is 1. The lowest BCUT2D eigenvalue weighted by atomic mass is 9.75. The number of carbonyl (C=O) groups excluding carboxylic acids is 1. The number of benzene rings is 2. The van der Waals surface area contributed by atoms with E-state index >= 15 is 8.78 Å². The van der Waals surface area contributed by atoms with Crippen molar-refractivity contribution in [1.82, 2.24) is 0 Å². The fraction of sp³-hybridized carbons (Fsp3) is 0.324. The number of halogens is 2.